The van der Waals surface area contributed by atoms with Crippen molar-refractivity contribution < 1.29 is 19.4 Å². The maximum Gasteiger partial charge on any atom is 0.341 e. The fraction of sp³-hybridized carbons (Fsp3) is 0.368. The van der Waals surface area contributed by atoms with Crippen molar-refractivity contribution in [1.29, 1.82) is 0 Å². The van der Waals surface area contributed by atoms with Crippen molar-refractivity contribution >= 4 is 40.0 Å². The highest BCUT2D eigenvalue weighted by Gasteiger charge is 2.25. The Kier molecular flexibility index (Phi) is 7.68. The molecule has 140 valence electrons. The molecule has 1 aromatic heterocycles. The SMILES string of the molecule is CCOC(=O)c1c(NC(=O)CSCCO)sc(C)c1-c1ccc(C)cc1. The minimum absolute atomic E-state index is 0.0295. The Morgan fingerprint density at radius 3 is 2.54 bits per heavy atom. The van der Waals surface area contributed by atoms with Crippen LogP contribution in [-0.4, -0.2) is 41.7 Å². The van der Waals surface area contributed by atoms with Crippen LogP contribution in [0.1, 0.15) is 27.7 Å². The van der Waals surface area contributed by atoms with E-state index in [-0.39, 0.29) is 24.9 Å². The molecule has 0 atom stereocenters. The van der Waals surface area contributed by atoms with Crippen molar-refractivity contribution in [3.05, 3.63) is 40.3 Å². The number of aliphatic hydroxyl groups is 1. The first-order valence-corrected chi connectivity index (χ1v) is 10.3. The Balaban J connectivity index is 2.39. The van der Waals surface area contributed by atoms with Gasteiger partial charge in [-0.2, -0.15) is 0 Å². The lowest BCUT2D eigenvalue weighted by molar-refractivity contribution is -0.113. The summed E-state index contributed by atoms with van der Waals surface area (Å²) in [5, 5.41) is 12.2. The molecule has 0 bridgehead atoms. The Labute approximate surface area is 161 Å². The molecule has 2 N–H and O–H groups in total. The predicted molar refractivity (Wildman–Crippen MR) is 108 cm³/mol. The van der Waals surface area contributed by atoms with Crippen LogP contribution in [-0.2, 0) is 9.53 Å². The van der Waals surface area contributed by atoms with E-state index in [9.17, 15) is 9.59 Å². The predicted octanol–water partition coefficient (Wildman–Crippen LogP) is 3.87. The number of nitrogens with one attached hydrogen (secondary N) is 1. The molecule has 2 aromatic rings. The summed E-state index contributed by atoms with van der Waals surface area (Å²) >= 11 is 2.71. The van der Waals surface area contributed by atoms with Gasteiger partial charge in [-0.3, -0.25) is 4.79 Å². The van der Waals surface area contributed by atoms with Gasteiger partial charge < -0.3 is 15.2 Å². The first-order chi connectivity index (χ1) is 12.5. The molecule has 0 spiro atoms. The van der Waals surface area contributed by atoms with E-state index in [1.165, 1.54) is 23.1 Å². The topological polar surface area (TPSA) is 75.6 Å². The number of aryl methyl sites for hydroxylation is 2. The quantitative estimate of drug-likeness (QED) is 0.526. The Morgan fingerprint density at radius 2 is 1.92 bits per heavy atom. The molecule has 0 saturated carbocycles. The summed E-state index contributed by atoms with van der Waals surface area (Å²) in [6.45, 7) is 5.99. The summed E-state index contributed by atoms with van der Waals surface area (Å²) in [6, 6.07) is 7.92. The van der Waals surface area contributed by atoms with E-state index in [0.29, 0.717) is 16.3 Å². The van der Waals surface area contributed by atoms with Gasteiger partial charge in [-0.25, -0.2) is 4.79 Å². The maximum atomic E-state index is 12.6. The molecule has 0 unspecified atom stereocenters. The van der Waals surface area contributed by atoms with Gasteiger partial charge in [-0.15, -0.1) is 23.1 Å². The van der Waals surface area contributed by atoms with Crippen molar-refractivity contribution in [2.24, 2.45) is 0 Å². The van der Waals surface area contributed by atoms with Gasteiger partial charge >= 0.3 is 5.97 Å². The minimum atomic E-state index is -0.439. The largest absolute Gasteiger partial charge is 0.462 e. The summed E-state index contributed by atoms with van der Waals surface area (Å²) in [6.07, 6.45) is 0. The fourth-order valence-electron chi connectivity index (χ4n) is 2.49. The molecule has 0 aliphatic rings. The van der Waals surface area contributed by atoms with Gasteiger partial charge in [0.1, 0.15) is 10.6 Å². The zero-order chi connectivity index (χ0) is 19.1. The van der Waals surface area contributed by atoms with Crippen LogP contribution in [0.3, 0.4) is 0 Å². The molecule has 5 nitrogen and oxygen atoms in total. The molecule has 0 saturated heterocycles. The van der Waals surface area contributed by atoms with Crippen LogP contribution in [0.4, 0.5) is 5.00 Å². The van der Waals surface area contributed by atoms with Gasteiger partial charge in [0.15, 0.2) is 0 Å². The highest BCUT2D eigenvalue weighted by molar-refractivity contribution is 7.99. The second-order valence-corrected chi connectivity index (χ2v) is 7.98. The second kappa shape index (κ2) is 9.75. The summed E-state index contributed by atoms with van der Waals surface area (Å²) in [4.78, 5) is 25.7. The third-order valence-electron chi connectivity index (χ3n) is 3.63. The highest BCUT2D eigenvalue weighted by atomic mass is 32.2. The molecule has 0 aliphatic heterocycles. The van der Waals surface area contributed by atoms with Gasteiger partial charge in [0, 0.05) is 16.2 Å². The van der Waals surface area contributed by atoms with Gasteiger partial charge in [-0.05, 0) is 26.3 Å². The zero-order valence-corrected chi connectivity index (χ0v) is 16.8. The summed E-state index contributed by atoms with van der Waals surface area (Å²) in [5.41, 5.74) is 3.25. The van der Waals surface area contributed by atoms with Crippen LogP contribution in [0, 0.1) is 13.8 Å². The van der Waals surface area contributed by atoms with E-state index >= 15 is 0 Å². The third-order valence-corrected chi connectivity index (χ3v) is 5.58. The van der Waals surface area contributed by atoms with E-state index in [0.717, 1.165) is 21.6 Å². The second-order valence-electron chi connectivity index (χ2n) is 5.65. The lowest BCUT2D eigenvalue weighted by Gasteiger charge is -2.09. The fourth-order valence-corrected chi connectivity index (χ4v) is 4.10. The number of amides is 1. The van der Waals surface area contributed by atoms with Crippen LogP contribution in [0.25, 0.3) is 11.1 Å². The molecular formula is C19H23NO4S2. The van der Waals surface area contributed by atoms with Gasteiger partial charge in [0.25, 0.3) is 0 Å². The van der Waals surface area contributed by atoms with Gasteiger partial charge in [0.05, 0.1) is 19.0 Å². The van der Waals surface area contributed by atoms with Crippen molar-refractivity contribution in [3.8, 4) is 11.1 Å². The van der Waals surface area contributed by atoms with Crippen LogP contribution < -0.4 is 5.32 Å². The number of carbonyl (C=O) groups excluding carboxylic acids is 2. The van der Waals surface area contributed by atoms with Crippen molar-refractivity contribution in [2.75, 3.05) is 30.0 Å². The van der Waals surface area contributed by atoms with E-state index in [4.69, 9.17) is 9.84 Å². The Bertz CT molecular complexity index is 769. The van der Waals surface area contributed by atoms with Crippen LogP contribution >= 0.6 is 23.1 Å². The number of carbonyl (C=O) groups is 2. The summed E-state index contributed by atoms with van der Waals surface area (Å²) in [7, 11) is 0. The standard InChI is InChI=1S/C19H23NO4S2/c1-4-24-19(23)17-16(14-7-5-12(2)6-8-14)13(3)26-18(17)20-15(22)11-25-10-9-21/h5-8,21H,4,9-11H2,1-3H3,(H,20,22). The molecule has 0 fully saturated rings. The molecule has 26 heavy (non-hydrogen) atoms. The number of anilines is 1. The van der Waals surface area contributed by atoms with Crippen molar-refractivity contribution in [1.82, 2.24) is 0 Å². The Hall–Kier alpha value is -1.83. The number of benzene rings is 1. The molecule has 1 heterocycles. The van der Waals surface area contributed by atoms with E-state index in [1.54, 1.807) is 6.92 Å². The number of ether oxygens (including phenoxy) is 1. The Morgan fingerprint density at radius 1 is 1.23 bits per heavy atom. The van der Waals surface area contributed by atoms with Crippen molar-refractivity contribution in [2.45, 2.75) is 20.8 Å². The minimum Gasteiger partial charge on any atom is -0.462 e. The summed E-state index contributed by atoms with van der Waals surface area (Å²) < 4.78 is 5.23. The molecule has 1 aromatic carbocycles. The lowest BCUT2D eigenvalue weighted by atomic mass is 10.0. The number of hydrogen-bond acceptors (Lipinski definition) is 6. The number of esters is 1. The van der Waals surface area contributed by atoms with E-state index < -0.39 is 5.97 Å². The third kappa shape index (κ3) is 5.09. The number of thiophene rings is 1. The summed E-state index contributed by atoms with van der Waals surface area (Å²) in [5.74, 6) is 0.0759. The van der Waals surface area contributed by atoms with E-state index in [2.05, 4.69) is 5.32 Å². The van der Waals surface area contributed by atoms with Crippen LogP contribution in [0.15, 0.2) is 24.3 Å². The number of aliphatic hydroxyl groups excluding tert-OH is 1. The van der Waals surface area contributed by atoms with Gasteiger partial charge in [0.2, 0.25) is 5.91 Å². The molecule has 7 heteroatoms. The monoisotopic (exact) mass is 393 g/mol. The van der Waals surface area contributed by atoms with E-state index in [1.807, 2.05) is 38.1 Å². The first-order valence-electron chi connectivity index (χ1n) is 8.33. The molecule has 1 amide bonds. The average Bonchev–Trinajstić information content (AvgIpc) is 2.92. The zero-order valence-electron chi connectivity index (χ0n) is 15.1. The maximum absolute atomic E-state index is 12.6. The molecular weight excluding hydrogens is 370 g/mol. The molecule has 0 aliphatic carbocycles. The van der Waals surface area contributed by atoms with Crippen molar-refractivity contribution in [3.63, 3.8) is 0 Å². The number of rotatable bonds is 8. The van der Waals surface area contributed by atoms with Crippen LogP contribution in [0.5, 0.6) is 0 Å². The smallest absolute Gasteiger partial charge is 0.341 e. The molecule has 2 rings (SSSR count). The number of hydrogen-bond donors (Lipinski definition) is 2. The van der Waals surface area contributed by atoms with Gasteiger partial charge in [-0.1, -0.05) is 29.8 Å². The number of thioether (sulfide) groups is 1. The lowest BCUT2D eigenvalue weighted by Crippen LogP contribution is -2.16. The first kappa shape index (κ1) is 20.5. The normalized spacial score (nSPS) is 10.6. The average molecular weight is 394 g/mol. The molecule has 0 radical (unpaired) electrons. The highest BCUT2D eigenvalue weighted by Crippen LogP contribution is 2.40. The van der Waals surface area contributed by atoms with Crippen LogP contribution in [0.2, 0.25) is 0 Å².